The van der Waals surface area contributed by atoms with Crippen LogP contribution in [0.4, 0.5) is 0 Å². The lowest BCUT2D eigenvalue weighted by Crippen LogP contribution is -2.18. The van der Waals surface area contributed by atoms with Crippen LogP contribution < -0.4 is 5.32 Å². The van der Waals surface area contributed by atoms with Crippen LogP contribution in [-0.2, 0) is 6.42 Å². The smallest absolute Gasteiger partial charge is 0.0651 e. The Morgan fingerprint density at radius 3 is 2.90 bits per heavy atom. The molecule has 1 atom stereocenters. The predicted octanol–water partition coefficient (Wildman–Crippen LogP) is 4.19. The predicted molar refractivity (Wildman–Crippen MR) is 86.2 cm³/mol. The standard InChI is InChI=1S/C17H18N2S/c1-18-16(7-6-13-9-11-20-12-13)17-15-5-3-2-4-14(15)8-10-19-17/h2-5,8-12,16,18H,6-7H2,1H3. The summed E-state index contributed by atoms with van der Waals surface area (Å²) in [5.41, 5.74) is 2.57. The Hall–Kier alpha value is -1.71. The van der Waals surface area contributed by atoms with Gasteiger partial charge in [-0.3, -0.25) is 4.98 Å². The van der Waals surface area contributed by atoms with Gasteiger partial charge in [-0.25, -0.2) is 0 Å². The Bertz CT molecular complexity index is 671. The molecule has 1 N–H and O–H groups in total. The summed E-state index contributed by atoms with van der Waals surface area (Å²) in [6, 6.07) is 13.0. The Balaban J connectivity index is 1.87. The number of aromatic nitrogens is 1. The number of benzene rings is 1. The van der Waals surface area contributed by atoms with E-state index in [0.717, 1.165) is 18.5 Å². The zero-order valence-electron chi connectivity index (χ0n) is 11.5. The average Bonchev–Trinajstić information content (AvgIpc) is 3.01. The van der Waals surface area contributed by atoms with Gasteiger partial charge in [0.1, 0.15) is 0 Å². The number of nitrogens with zero attached hydrogens (tertiary/aromatic N) is 1. The van der Waals surface area contributed by atoms with E-state index in [4.69, 9.17) is 0 Å². The van der Waals surface area contributed by atoms with E-state index in [1.807, 2.05) is 13.2 Å². The molecule has 0 spiro atoms. The van der Waals surface area contributed by atoms with Crippen LogP contribution in [0.2, 0.25) is 0 Å². The van der Waals surface area contributed by atoms with Crippen molar-refractivity contribution in [3.05, 3.63) is 64.6 Å². The summed E-state index contributed by atoms with van der Waals surface area (Å²) < 4.78 is 0. The molecule has 2 heterocycles. The molecule has 2 aromatic heterocycles. The van der Waals surface area contributed by atoms with Crippen molar-refractivity contribution in [3.8, 4) is 0 Å². The Morgan fingerprint density at radius 2 is 2.10 bits per heavy atom. The fourth-order valence-corrected chi connectivity index (χ4v) is 3.29. The summed E-state index contributed by atoms with van der Waals surface area (Å²) in [6.45, 7) is 0. The zero-order valence-corrected chi connectivity index (χ0v) is 12.4. The first kappa shape index (κ1) is 13.3. The summed E-state index contributed by atoms with van der Waals surface area (Å²) in [5, 5.41) is 10.3. The summed E-state index contributed by atoms with van der Waals surface area (Å²) in [6.07, 6.45) is 4.06. The molecule has 3 rings (SSSR count). The van der Waals surface area contributed by atoms with Crippen LogP contribution in [0.15, 0.2) is 53.4 Å². The van der Waals surface area contributed by atoms with E-state index in [9.17, 15) is 0 Å². The first-order valence-corrected chi connectivity index (χ1v) is 7.85. The van der Waals surface area contributed by atoms with Crippen molar-refractivity contribution in [2.45, 2.75) is 18.9 Å². The van der Waals surface area contributed by atoms with E-state index in [1.165, 1.54) is 16.3 Å². The molecule has 1 unspecified atom stereocenters. The molecule has 2 nitrogen and oxygen atoms in total. The SMILES string of the molecule is CNC(CCc1ccsc1)c1nccc2ccccc12. The minimum atomic E-state index is 0.293. The number of pyridine rings is 1. The molecule has 0 fully saturated rings. The van der Waals surface area contributed by atoms with E-state index in [2.05, 4.69) is 57.5 Å². The van der Waals surface area contributed by atoms with Crippen LogP contribution in [0.25, 0.3) is 10.8 Å². The highest BCUT2D eigenvalue weighted by Gasteiger charge is 2.13. The Morgan fingerprint density at radius 1 is 1.20 bits per heavy atom. The first-order chi connectivity index (χ1) is 9.88. The van der Waals surface area contributed by atoms with Gasteiger partial charge in [-0.05, 0) is 53.7 Å². The van der Waals surface area contributed by atoms with E-state index in [0.29, 0.717) is 6.04 Å². The van der Waals surface area contributed by atoms with E-state index >= 15 is 0 Å². The lowest BCUT2D eigenvalue weighted by molar-refractivity contribution is 0.540. The maximum atomic E-state index is 4.62. The summed E-state index contributed by atoms with van der Waals surface area (Å²) in [5.74, 6) is 0. The van der Waals surface area contributed by atoms with Crippen molar-refractivity contribution in [1.29, 1.82) is 0 Å². The molecule has 0 aliphatic rings. The molecule has 0 aliphatic carbocycles. The van der Waals surface area contributed by atoms with E-state index in [-0.39, 0.29) is 0 Å². The van der Waals surface area contributed by atoms with Crippen molar-refractivity contribution < 1.29 is 0 Å². The lowest BCUT2D eigenvalue weighted by atomic mass is 10.00. The summed E-state index contributed by atoms with van der Waals surface area (Å²) >= 11 is 1.76. The normalized spacial score (nSPS) is 12.7. The number of thiophene rings is 1. The molecule has 20 heavy (non-hydrogen) atoms. The van der Waals surface area contributed by atoms with Crippen molar-refractivity contribution >= 4 is 22.1 Å². The van der Waals surface area contributed by atoms with Crippen molar-refractivity contribution in [2.24, 2.45) is 0 Å². The van der Waals surface area contributed by atoms with Crippen molar-refractivity contribution in [1.82, 2.24) is 10.3 Å². The molecule has 0 radical (unpaired) electrons. The quantitative estimate of drug-likeness (QED) is 0.759. The number of fused-ring (bicyclic) bond motifs is 1. The molecule has 0 amide bonds. The van der Waals surface area contributed by atoms with E-state index < -0.39 is 0 Å². The highest BCUT2D eigenvalue weighted by Crippen LogP contribution is 2.25. The molecule has 0 saturated carbocycles. The zero-order chi connectivity index (χ0) is 13.8. The third-order valence-corrected chi connectivity index (χ3v) is 4.42. The van der Waals surface area contributed by atoms with Gasteiger partial charge in [0, 0.05) is 11.6 Å². The average molecular weight is 282 g/mol. The number of rotatable bonds is 5. The minimum absolute atomic E-state index is 0.293. The molecule has 3 aromatic rings. The topological polar surface area (TPSA) is 24.9 Å². The van der Waals surface area contributed by atoms with Gasteiger partial charge < -0.3 is 5.32 Å². The van der Waals surface area contributed by atoms with E-state index in [1.54, 1.807) is 11.3 Å². The lowest BCUT2D eigenvalue weighted by Gasteiger charge is -2.17. The third kappa shape index (κ3) is 2.74. The van der Waals surface area contributed by atoms with Gasteiger partial charge in [-0.15, -0.1) is 0 Å². The fraction of sp³-hybridized carbons (Fsp3) is 0.235. The van der Waals surface area contributed by atoms with Crippen molar-refractivity contribution in [2.75, 3.05) is 7.05 Å². The maximum Gasteiger partial charge on any atom is 0.0651 e. The molecule has 102 valence electrons. The first-order valence-electron chi connectivity index (χ1n) is 6.90. The minimum Gasteiger partial charge on any atom is -0.312 e. The van der Waals surface area contributed by atoms with Crippen LogP contribution in [0, 0.1) is 0 Å². The Kier molecular flexibility index (Phi) is 4.09. The molecule has 0 saturated heterocycles. The number of aryl methyl sites for hydroxylation is 1. The molecule has 0 aliphatic heterocycles. The summed E-state index contributed by atoms with van der Waals surface area (Å²) in [7, 11) is 2.02. The molecule has 1 aromatic carbocycles. The van der Waals surface area contributed by atoms with Crippen LogP contribution in [0.1, 0.15) is 23.7 Å². The van der Waals surface area contributed by atoms with Gasteiger partial charge in [-0.2, -0.15) is 11.3 Å². The van der Waals surface area contributed by atoms with Crippen LogP contribution in [-0.4, -0.2) is 12.0 Å². The molecular weight excluding hydrogens is 264 g/mol. The maximum absolute atomic E-state index is 4.62. The molecule has 3 heteroatoms. The Labute approximate surface area is 123 Å². The monoisotopic (exact) mass is 282 g/mol. The molecule has 0 bridgehead atoms. The second-order valence-electron chi connectivity index (χ2n) is 4.93. The number of nitrogens with one attached hydrogen (secondary N) is 1. The van der Waals surface area contributed by atoms with Gasteiger partial charge in [0.25, 0.3) is 0 Å². The third-order valence-electron chi connectivity index (χ3n) is 3.68. The largest absolute Gasteiger partial charge is 0.312 e. The van der Waals surface area contributed by atoms with Crippen molar-refractivity contribution in [3.63, 3.8) is 0 Å². The van der Waals surface area contributed by atoms with Gasteiger partial charge >= 0.3 is 0 Å². The van der Waals surface area contributed by atoms with Crippen LogP contribution in [0.5, 0.6) is 0 Å². The number of hydrogen-bond donors (Lipinski definition) is 1. The highest BCUT2D eigenvalue weighted by molar-refractivity contribution is 7.07. The van der Waals surface area contributed by atoms with Crippen LogP contribution >= 0.6 is 11.3 Å². The van der Waals surface area contributed by atoms with Gasteiger partial charge in [0.2, 0.25) is 0 Å². The fourth-order valence-electron chi connectivity index (χ4n) is 2.58. The molecular formula is C17H18N2S. The van der Waals surface area contributed by atoms with Gasteiger partial charge in [0.15, 0.2) is 0 Å². The second-order valence-corrected chi connectivity index (χ2v) is 5.71. The number of hydrogen-bond acceptors (Lipinski definition) is 3. The van der Waals surface area contributed by atoms with Gasteiger partial charge in [0.05, 0.1) is 11.7 Å². The highest BCUT2D eigenvalue weighted by atomic mass is 32.1. The summed E-state index contributed by atoms with van der Waals surface area (Å²) in [4.78, 5) is 4.62. The second kappa shape index (κ2) is 6.16. The van der Waals surface area contributed by atoms with Crippen LogP contribution in [0.3, 0.4) is 0 Å². The van der Waals surface area contributed by atoms with Gasteiger partial charge in [-0.1, -0.05) is 24.3 Å².